The largest absolute Gasteiger partial charge is 0.489 e. The number of nitrogens with zero attached hydrogens (tertiary/aromatic N) is 2. The molecule has 3 aromatic carbocycles. The Hall–Kier alpha value is -3.03. The minimum Gasteiger partial charge on any atom is -0.489 e. The number of hydrogen-bond donors (Lipinski definition) is 1. The van der Waals surface area contributed by atoms with E-state index in [2.05, 4.69) is 10.2 Å². The van der Waals surface area contributed by atoms with Crippen molar-refractivity contribution >= 4 is 5.69 Å². The summed E-state index contributed by atoms with van der Waals surface area (Å²) in [5.74, 6) is -0.460. The number of anilines is 1. The minimum atomic E-state index is -1.54. The van der Waals surface area contributed by atoms with Crippen molar-refractivity contribution in [1.29, 1.82) is 0 Å². The Labute approximate surface area is 248 Å². The van der Waals surface area contributed by atoms with E-state index in [9.17, 15) is 0 Å². The van der Waals surface area contributed by atoms with Gasteiger partial charge in [-0.15, -0.1) is 0 Å². The van der Waals surface area contributed by atoms with E-state index in [1.54, 1.807) is 0 Å². The number of alkyl halides is 1. The number of nitrogens with one attached hydrogen (secondary N) is 1. The Balaban J connectivity index is 1.48. The lowest BCUT2D eigenvalue weighted by Crippen LogP contribution is -2.48. The van der Waals surface area contributed by atoms with Gasteiger partial charge in [0.15, 0.2) is 0 Å². The van der Waals surface area contributed by atoms with Crippen LogP contribution in [-0.2, 0) is 13.0 Å². The predicted octanol–water partition coefficient (Wildman–Crippen LogP) is 7.60. The van der Waals surface area contributed by atoms with Gasteiger partial charge in [-0.2, -0.15) is 0 Å². The van der Waals surface area contributed by atoms with Crippen molar-refractivity contribution in [1.82, 2.24) is 10.2 Å². The van der Waals surface area contributed by atoms with E-state index in [0.29, 0.717) is 24.5 Å². The maximum absolute atomic E-state index is 16.2. The first-order valence-corrected chi connectivity index (χ1v) is 15.4. The van der Waals surface area contributed by atoms with Crippen LogP contribution in [0.5, 0.6) is 5.75 Å². The van der Waals surface area contributed by atoms with Crippen LogP contribution < -0.4 is 15.0 Å². The van der Waals surface area contributed by atoms with Crippen molar-refractivity contribution in [3.63, 3.8) is 0 Å². The number of benzene rings is 3. The van der Waals surface area contributed by atoms with Gasteiger partial charge in [0.1, 0.15) is 29.7 Å². The summed E-state index contributed by atoms with van der Waals surface area (Å²) in [6.45, 7) is 8.99. The highest BCUT2D eigenvalue weighted by Crippen LogP contribution is 2.43. The highest BCUT2D eigenvalue weighted by atomic mass is 19.1. The van der Waals surface area contributed by atoms with Crippen LogP contribution in [0.2, 0.25) is 0 Å². The van der Waals surface area contributed by atoms with E-state index in [-0.39, 0.29) is 18.2 Å². The summed E-state index contributed by atoms with van der Waals surface area (Å²) >= 11 is 0. The first-order valence-electron chi connectivity index (χ1n) is 15.4. The lowest BCUT2D eigenvalue weighted by Gasteiger charge is -2.44. The number of halogens is 3. The van der Waals surface area contributed by atoms with Gasteiger partial charge in [-0.05, 0) is 107 Å². The predicted molar refractivity (Wildman–Crippen MR) is 164 cm³/mol. The fourth-order valence-corrected chi connectivity index (χ4v) is 6.34. The summed E-state index contributed by atoms with van der Waals surface area (Å²) in [4.78, 5) is 4.03. The highest BCUT2D eigenvalue weighted by Gasteiger charge is 2.39. The monoisotopic (exact) mass is 579 g/mol. The van der Waals surface area contributed by atoms with Crippen LogP contribution in [0.25, 0.3) is 0 Å². The fourth-order valence-electron chi connectivity index (χ4n) is 6.34. The molecule has 1 N–H and O–H groups in total. The molecule has 42 heavy (non-hydrogen) atoms. The third-order valence-electron chi connectivity index (χ3n) is 8.39. The van der Waals surface area contributed by atoms with E-state index in [0.717, 1.165) is 68.6 Å². The molecule has 1 unspecified atom stereocenters. The molecule has 0 amide bonds. The van der Waals surface area contributed by atoms with Crippen LogP contribution in [0.3, 0.4) is 0 Å². The maximum Gasteiger partial charge on any atom is 0.133 e. The standard InChI is InChI=1S/C35H44F3N3O/c1-25-19-27-20-29(42-23-26-11-5-4-6-12-26)13-14-30(27)34(41(25)24-35(2,3)38)33-31(36)21-28(22-32(33)37)40-17-9-7-15-39-16-8-10-18-40/h4-6,11-14,20-22,25,34,39H,7-10,15-19,23-24H2,1-3H3/t25-,34?/m1/s1. The molecule has 0 aliphatic carbocycles. The van der Waals surface area contributed by atoms with Crippen molar-refractivity contribution in [3.8, 4) is 5.75 Å². The van der Waals surface area contributed by atoms with E-state index in [1.165, 1.54) is 26.0 Å². The number of ether oxygens (including phenoxy) is 1. The highest BCUT2D eigenvalue weighted by molar-refractivity contribution is 5.52. The van der Waals surface area contributed by atoms with Crippen LogP contribution in [-0.4, -0.2) is 49.3 Å². The zero-order valence-corrected chi connectivity index (χ0v) is 25.1. The molecule has 0 spiro atoms. The molecule has 0 bridgehead atoms. The molecule has 4 nitrogen and oxygen atoms in total. The normalized spacial score (nSPS) is 20.7. The minimum absolute atomic E-state index is 0.0148. The first kappa shape index (κ1) is 30.4. The molecule has 5 rings (SSSR count). The molecule has 226 valence electrons. The Kier molecular flexibility index (Phi) is 9.79. The van der Waals surface area contributed by atoms with Crippen LogP contribution in [0.1, 0.15) is 74.8 Å². The maximum atomic E-state index is 16.2. The van der Waals surface area contributed by atoms with Crippen LogP contribution >= 0.6 is 0 Å². The summed E-state index contributed by atoms with van der Waals surface area (Å²) < 4.78 is 53.5. The number of hydrogen-bond acceptors (Lipinski definition) is 4. The van der Waals surface area contributed by atoms with Crippen molar-refractivity contribution in [2.75, 3.05) is 37.6 Å². The molecule has 0 radical (unpaired) electrons. The second-order valence-corrected chi connectivity index (χ2v) is 12.5. The zero-order valence-electron chi connectivity index (χ0n) is 25.1. The summed E-state index contributed by atoms with van der Waals surface area (Å²) in [6, 6.07) is 17.8. The smallest absolute Gasteiger partial charge is 0.133 e. The van der Waals surface area contributed by atoms with E-state index < -0.39 is 23.3 Å². The van der Waals surface area contributed by atoms with Crippen molar-refractivity contribution in [3.05, 3.63) is 94.6 Å². The summed E-state index contributed by atoms with van der Waals surface area (Å²) in [5.41, 5.74) is 1.85. The molecule has 2 aliphatic rings. The fraction of sp³-hybridized carbons (Fsp3) is 0.486. The molecule has 7 heteroatoms. The van der Waals surface area contributed by atoms with Gasteiger partial charge in [0.2, 0.25) is 0 Å². The van der Waals surface area contributed by atoms with Gasteiger partial charge in [-0.1, -0.05) is 36.4 Å². The van der Waals surface area contributed by atoms with Gasteiger partial charge in [0.05, 0.1) is 6.04 Å². The van der Waals surface area contributed by atoms with E-state index >= 15 is 13.2 Å². The Morgan fingerprint density at radius 2 is 1.57 bits per heavy atom. The van der Waals surface area contributed by atoms with Crippen molar-refractivity contribution in [2.45, 2.75) is 77.2 Å². The van der Waals surface area contributed by atoms with Crippen LogP contribution in [0, 0.1) is 11.6 Å². The van der Waals surface area contributed by atoms with E-state index in [4.69, 9.17) is 4.74 Å². The van der Waals surface area contributed by atoms with Crippen molar-refractivity contribution in [2.24, 2.45) is 0 Å². The zero-order chi connectivity index (χ0) is 29.7. The third-order valence-corrected chi connectivity index (χ3v) is 8.39. The summed E-state index contributed by atoms with van der Waals surface area (Å²) in [6.07, 6.45) is 4.61. The Morgan fingerprint density at radius 3 is 2.21 bits per heavy atom. The lowest BCUT2D eigenvalue weighted by atomic mass is 9.83. The van der Waals surface area contributed by atoms with Gasteiger partial charge in [0, 0.05) is 36.9 Å². The lowest BCUT2D eigenvalue weighted by molar-refractivity contribution is 0.0652. The molecule has 2 heterocycles. The molecule has 0 aromatic heterocycles. The first-order chi connectivity index (χ1) is 20.2. The molecular weight excluding hydrogens is 535 g/mol. The molecule has 1 fully saturated rings. The average Bonchev–Trinajstić information content (AvgIpc) is 2.95. The van der Waals surface area contributed by atoms with Gasteiger partial charge in [-0.25, -0.2) is 13.2 Å². The van der Waals surface area contributed by atoms with Gasteiger partial charge in [0.25, 0.3) is 0 Å². The number of rotatable bonds is 7. The van der Waals surface area contributed by atoms with Gasteiger partial charge in [-0.3, -0.25) is 4.90 Å². The Morgan fingerprint density at radius 1 is 0.905 bits per heavy atom. The molecule has 0 saturated carbocycles. The van der Waals surface area contributed by atoms with E-state index in [1.807, 2.05) is 60.4 Å². The SMILES string of the molecule is C[C@@H]1Cc2cc(OCc3ccccc3)ccc2C(c2c(F)cc(N3CCCCNCCCC3)cc2F)N1CC(C)(C)F. The summed E-state index contributed by atoms with van der Waals surface area (Å²) in [7, 11) is 0. The second-order valence-electron chi connectivity index (χ2n) is 12.5. The third kappa shape index (κ3) is 7.48. The topological polar surface area (TPSA) is 27.7 Å². The summed E-state index contributed by atoms with van der Waals surface area (Å²) in [5, 5.41) is 3.44. The van der Waals surface area contributed by atoms with Gasteiger partial charge >= 0.3 is 0 Å². The molecule has 1 saturated heterocycles. The molecule has 2 aliphatic heterocycles. The molecule has 3 aromatic rings. The average molecular weight is 580 g/mol. The Bertz CT molecular complexity index is 1290. The molecular formula is C35H44F3N3O. The van der Waals surface area contributed by atoms with Crippen molar-refractivity contribution < 1.29 is 17.9 Å². The molecule has 2 atom stereocenters. The van der Waals surface area contributed by atoms with Crippen LogP contribution in [0.15, 0.2) is 60.7 Å². The van der Waals surface area contributed by atoms with Crippen LogP contribution in [0.4, 0.5) is 18.9 Å². The van der Waals surface area contributed by atoms with Gasteiger partial charge < -0.3 is 15.0 Å². The quantitative estimate of drug-likeness (QED) is 0.312. The second kappa shape index (κ2) is 13.5. The number of fused-ring (bicyclic) bond motifs is 1.